The average molecular weight is 289 g/mol. The summed E-state index contributed by atoms with van der Waals surface area (Å²) in [6, 6.07) is 6.35. The Morgan fingerprint density at radius 3 is 2.95 bits per heavy atom. The molecule has 21 heavy (non-hydrogen) atoms. The van der Waals surface area contributed by atoms with Gasteiger partial charge in [-0.05, 0) is 12.5 Å². The number of nitro groups is 1. The first-order chi connectivity index (χ1) is 10.1. The van der Waals surface area contributed by atoms with Crippen LogP contribution in [0, 0.1) is 16.0 Å². The Kier molecular flexibility index (Phi) is 5.05. The Morgan fingerprint density at radius 2 is 2.24 bits per heavy atom. The molecule has 2 rings (SSSR count). The maximum atomic E-state index is 10.8. The molecule has 0 aliphatic carbocycles. The SMILES string of the molecule is CC(C)CNCCc1ncc(-c2cccc([N+](=O)[O-])c2)o1. The molecule has 1 heterocycles. The minimum atomic E-state index is -0.420. The number of oxazole rings is 1. The minimum absolute atomic E-state index is 0.0454. The molecule has 0 amide bonds. The van der Waals surface area contributed by atoms with Gasteiger partial charge < -0.3 is 9.73 Å². The van der Waals surface area contributed by atoms with E-state index in [9.17, 15) is 10.1 Å². The maximum Gasteiger partial charge on any atom is 0.270 e. The van der Waals surface area contributed by atoms with Gasteiger partial charge in [-0.25, -0.2) is 4.98 Å². The summed E-state index contributed by atoms with van der Waals surface area (Å²) in [5.41, 5.74) is 0.710. The van der Waals surface area contributed by atoms with Crippen molar-refractivity contribution in [2.45, 2.75) is 20.3 Å². The Morgan fingerprint density at radius 1 is 1.43 bits per heavy atom. The number of nitrogens with zero attached hydrogens (tertiary/aromatic N) is 2. The molecule has 0 unspecified atom stereocenters. The van der Waals surface area contributed by atoms with E-state index < -0.39 is 4.92 Å². The molecule has 0 aliphatic rings. The average Bonchev–Trinajstić information content (AvgIpc) is 2.92. The van der Waals surface area contributed by atoms with Crippen molar-refractivity contribution < 1.29 is 9.34 Å². The van der Waals surface area contributed by atoms with Crippen LogP contribution in [0.25, 0.3) is 11.3 Å². The van der Waals surface area contributed by atoms with Crippen LogP contribution in [0.3, 0.4) is 0 Å². The van der Waals surface area contributed by atoms with Crippen LogP contribution < -0.4 is 5.32 Å². The number of rotatable bonds is 7. The number of non-ortho nitro benzene ring substituents is 1. The van der Waals surface area contributed by atoms with E-state index in [4.69, 9.17) is 4.42 Å². The molecule has 0 aliphatic heterocycles. The van der Waals surface area contributed by atoms with Crippen molar-refractivity contribution in [2.24, 2.45) is 5.92 Å². The molecule has 0 atom stereocenters. The first kappa shape index (κ1) is 15.2. The van der Waals surface area contributed by atoms with Gasteiger partial charge in [-0.1, -0.05) is 26.0 Å². The molecule has 0 saturated carbocycles. The fraction of sp³-hybridized carbons (Fsp3) is 0.400. The molecule has 1 N–H and O–H groups in total. The summed E-state index contributed by atoms with van der Waals surface area (Å²) < 4.78 is 5.64. The third-order valence-electron chi connectivity index (χ3n) is 2.96. The van der Waals surface area contributed by atoms with Crippen LogP contribution in [-0.4, -0.2) is 23.0 Å². The Bertz CT molecular complexity index is 608. The second-order valence-electron chi connectivity index (χ2n) is 5.27. The van der Waals surface area contributed by atoms with Crippen LogP contribution in [0.2, 0.25) is 0 Å². The van der Waals surface area contributed by atoms with Crippen LogP contribution in [0.15, 0.2) is 34.9 Å². The van der Waals surface area contributed by atoms with Crippen molar-refractivity contribution in [2.75, 3.05) is 13.1 Å². The minimum Gasteiger partial charge on any atom is -0.441 e. The Balaban J connectivity index is 1.99. The zero-order valence-electron chi connectivity index (χ0n) is 12.2. The second-order valence-corrected chi connectivity index (χ2v) is 5.27. The quantitative estimate of drug-likeness (QED) is 0.481. The monoisotopic (exact) mass is 289 g/mol. The van der Waals surface area contributed by atoms with E-state index in [0.29, 0.717) is 29.6 Å². The number of aromatic nitrogens is 1. The van der Waals surface area contributed by atoms with E-state index in [2.05, 4.69) is 24.1 Å². The van der Waals surface area contributed by atoms with Crippen molar-refractivity contribution in [1.29, 1.82) is 0 Å². The molecular formula is C15H19N3O3. The fourth-order valence-corrected chi connectivity index (χ4v) is 1.92. The molecule has 0 saturated heterocycles. The van der Waals surface area contributed by atoms with Gasteiger partial charge in [-0.2, -0.15) is 0 Å². The van der Waals surface area contributed by atoms with Crippen LogP contribution in [0.4, 0.5) is 5.69 Å². The molecule has 112 valence electrons. The summed E-state index contributed by atoms with van der Waals surface area (Å²) >= 11 is 0. The lowest BCUT2D eigenvalue weighted by atomic mass is 10.2. The summed E-state index contributed by atoms with van der Waals surface area (Å²) in [5.74, 6) is 1.79. The summed E-state index contributed by atoms with van der Waals surface area (Å²) in [7, 11) is 0. The normalized spacial score (nSPS) is 11.0. The van der Waals surface area contributed by atoms with Crippen molar-refractivity contribution in [3.05, 3.63) is 46.5 Å². The predicted molar refractivity (Wildman–Crippen MR) is 80.0 cm³/mol. The standard InChI is InChI=1S/C15H19N3O3/c1-11(2)9-16-7-6-15-17-10-14(21-15)12-4-3-5-13(8-12)18(19)20/h3-5,8,10-11,16H,6-7,9H2,1-2H3. The van der Waals surface area contributed by atoms with E-state index in [1.807, 2.05) is 0 Å². The van der Waals surface area contributed by atoms with Gasteiger partial charge in [0.25, 0.3) is 5.69 Å². The van der Waals surface area contributed by atoms with Crippen molar-refractivity contribution in [3.63, 3.8) is 0 Å². The number of hydrogen-bond acceptors (Lipinski definition) is 5. The van der Waals surface area contributed by atoms with Gasteiger partial charge in [0.2, 0.25) is 0 Å². The van der Waals surface area contributed by atoms with Crippen LogP contribution in [0.5, 0.6) is 0 Å². The van der Waals surface area contributed by atoms with Gasteiger partial charge in [0.05, 0.1) is 11.1 Å². The molecule has 1 aromatic heterocycles. The summed E-state index contributed by atoms with van der Waals surface area (Å²) in [6.45, 7) is 6.06. The van der Waals surface area contributed by atoms with Crippen LogP contribution in [0.1, 0.15) is 19.7 Å². The molecule has 2 aromatic rings. The summed E-state index contributed by atoms with van der Waals surface area (Å²) in [4.78, 5) is 14.6. The number of nitrogens with one attached hydrogen (secondary N) is 1. The molecule has 0 fully saturated rings. The first-order valence-electron chi connectivity index (χ1n) is 6.96. The number of nitro benzene ring substituents is 1. The molecule has 0 radical (unpaired) electrons. The van der Waals surface area contributed by atoms with Crippen molar-refractivity contribution >= 4 is 5.69 Å². The first-order valence-corrected chi connectivity index (χ1v) is 6.96. The zero-order valence-corrected chi connectivity index (χ0v) is 12.2. The lowest BCUT2D eigenvalue weighted by Gasteiger charge is -2.05. The van der Waals surface area contributed by atoms with E-state index in [0.717, 1.165) is 13.1 Å². The van der Waals surface area contributed by atoms with E-state index in [1.54, 1.807) is 18.3 Å². The van der Waals surface area contributed by atoms with E-state index >= 15 is 0 Å². The van der Waals surface area contributed by atoms with Crippen LogP contribution in [-0.2, 0) is 6.42 Å². The van der Waals surface area contributed by atoms with Crippen molar-refractivity contribution in [3.8, 4) is 11.3 Å². The Hall–Kier alpha value is -2.21. The third kappa shape index (κ3) is 4.39. The lowest BCUT2D eigenvalue weighted by molar-refractivity contribution is -0.384. The maximum absolute atomic E-state index is 10.8. The summed E-state index contributed by atoms with van der Waals surface area (Å²) in [5, 5.41) is 14.1. The smallest absolute Gasteiger partial charge is 0.270 e. The fourth-order valence-electron chi connectivity index (χ4n) is 1.92. The molecule has 6 heteroatoms. The molecular weight excluding hydrogens is 270 g/mol. The third-order valence-corrected chi connectivity index (χ3v) is 2.96. The highest BCUT2D eigenvalue weighted by atomic mass is 16.6. The predicted octanol–water partition coefficient (Wildman–Crippen LogP) is 3.04. The topological polar surface area (TPSA) is 81.2 Å². The largest absolute Gasteiger partial charge is 0.441 e. The highest BCUT2D eigenvalue weighted by Crippen LogP contribution is 2.24. The summed E-state index contributed by atoms with van der Waals surface area (Å²) in [6.07, 6.45) is 2.30. The van der Waals surface area contributed by atoms with Gasteiger partial charge in [0.1, 0.15) is 0 Å². The second kappa shape index (κ2) is 6.99. The Labute approximate surface area is 123 Å². The molecule has 0 bridgehead atoms. The van der Waals surface area contributed by atoms with Gasteiger partial charge in [0, 0.05) is 30.7 Å². The van der Waals surface area contributed by atoms with Gasteiger partial charge in [-0.15, -0.1) is 0 Å². The van der Waals surface area contributed by atoms with Gasteiger partial charge >= 0.3 is 0 Å². The van der Waals surface area contributed by atoms with Crippen molar-refractivity contribution in [1.82, 2.24) is 10.3 Å². The van der Waals surface area contributed by atoms with Crippen LogP contribution >= 0.6 is 0 Å². The lowest BCUT2D eigenvalue weighted by Crippen LogP contribution is -2.22. The highest BCUT2D eigenvalue weighted by molar-refractivity contribution is 5.60. The highest BCUT2D eigenvalue weighted by Gasteiger charge is 2.11. The van der Waals surface area contributed by atoms with Gasteiger partial charge in [-0.3, -0.25) is 10.1 Å². The zero-order chi connectivity index (χ0) is 15.2. The molecule has 0 spiro atoms. The van der Waals surface area contributed by atoms with E-state index in [-0.39, 0.29) is 5.69 Å². The molecule has 1 aromatic carbocycles. The van der Waals surface area contributed by atoms with Gasteiger partial charge in [0.15, 0.2) is 11.7 Å². The van der Waals surface area contributed by atoms with E-state index in [1.165, 1.54) is 12.1 Å². The number of benzene rings is 1. The molecule has 6 nitrogen and oxygen atoms in total. The number of hydrogen-bond donors (Lipinski definition) is 1.